The molecule has 0 N–H and O–H groups in total. The topological polar surface area (TPSA) is 0 Å². The predicted molar refractivity (Wildman–Crippen MR) is 57.6 cm³/mol. The lowest BCUT2D eigenvalue weighted by atomic mass is 9.72. The first-order chi connectivity index (χ1) is 6.04. The Morgan fingerprint density at radius 3 is 2.38 bits per heavy atom. The van der Waals surface area contributed by atoms with E-state index in [2.05, 4.69) is 20.8 Å². The van der Waals surface area contributed by atoms with Crippen LogP contribution in [0.1, 0.15) is 59.3 Å². The van der Waals surface area contributed by atoms with Crippen LogP contribution < -0.4 is 0 Å². The van der Waals surface area contributed by atoms with Gasteiger partial charge in [0.2, 0.25) is 0 Å². The maximum absolute atomic E-state index is 2.40. The van der Waals surface area contributed by atoms with Crippen LogP contribution >= 0.6 is 0 Å². The van der Waals surface area contributed by atoms with E-state index in [4.69, 9.17) is 0 Å². The standard InChI is InChI=1S/C13H24/c1-13(2,3)9-12-7-5-10-4-6-11(12)8-10/h10-12H,4-9H2,1-3H3. The van der Waals surface area contributed by atoms with Gasteiger partial charge in [-0.1, -0.05) is 33.6 Å². The molecule has 0 nitrogen and oxygen atoms in total. The van der Waals surface area contributed by atoms with Gasteiger partial charge in [-0.2, -0.15) is 0 Å². The molecule has 0 saturated heterocycles. The van der Waals surface area contributed by atoms with Gasteiger partial charge in [0.05, 0.1) is 0 Å². The Balaban J connectivity index is 1.93. The Morgan fingerprint density at radius 2 is 1.69 bits per heavy atom. The summed E-state index contributed by atoms with van der Waals surface area (Å²) in [4.78, 5) is 0. The summed E-state index contributed by atoms with van der Waals surface area (Å²) in [5, 5.41) is 0. The second-order valence-electron chi connectivity index (χ2n) is 6.54. The third kappa shape index (κ3) is 2.27. The highest BCUT2D eigenvalue weighted by Crippen LogP contribution is 2.48. The highest BCUT2D eigenvalue weighted by molar-refractivity contribution is 4.88. The molecule has 0 aromatic rings. The molecule has 0 heterocycles. The Kier molecular flexibility index (Phi) is 2.42. The van der Waals surface area contributed by atoms with Crippen molar-refractivity contribution in [3.8, 4) is 0 Å². The largest absolute Gasteiger partial charge is 0.0602 e. The van der Waals surface area contributed by atoms with Crippen molar-refractivity contribution in [1.29, 1.82) is 0 Å². The summed E-state index contributed by atoms with van der Waals surface area (Å²) in [6.45, 7) is 7.19. The van der Waals surface area contributed by atoms with Crippen molar-refractivity contribution in [3.05, 3.63) is 0 Å². The van der Waals surface area contributed by atoms with Crippen molar-refractivity contribution in [2.75, 3.05) is 0 Å². The van der Waals surface area contributed by atoms with E-state index in [1.165, 1.54) is 19.3 Å². The van der Waals surface area contributed by atoms with Crippen LogP contribution in [0.4, 0.5) is 0 Å². The molecule has 0 aromatic carbocycles. The second-order valence-corrected chi connectivity index (χ2v) is 6.54. The molecule has 2 fully saturated rings. The van der Waals surface area contributed by atoms with Crippen molar-refractivity contribution in [3.63, 3.8) is 0 Å². The number of hydrogen-bond acceptors (Lipinski definition) is 0. The van der Waals surface area contributed by atoms with Crippen LogP contribution in [0.5, 0.6) is 0 Å². The van der Waals surface area contributed by atoms with Crippen LogP contribution in [0, 0.1) is 23.2 Å². The third-order valence-electron chi connectivity index (χ3n) is 4.07. The first-order valence-corrected chi connectivity index (χ1v) is 6.04. The Hall–Kier alpha value is 0. The zero-order chi connectivity index (χ0) is 9.47. The summed E-state index contributed by atoms with van der Waals surface area (Å²) in [7, 11) is 0. The lowest BCUT2D eigenvalue weighted by Crippen LogP contribution is -2.23. The van der Waals surface area contributed by atoms with Crippen LogP contribution in [0.25, 0.3) is 0 Å². The second kappa shape index (κ2) is 3.29. The minimum absolute atomic E-state index is 0.556. The van der Waals surface area contributed by atoms with E-state index in [-0.39, 0.29) is 0 Å². The van der Waals surface area contributed by atoms with Gasteiger partial charge in [-0.15, -0.1) is 0 Å². The van der Waals surface area contributed by atoms with E-state index < -0.39 is 0 Å². The van der Waals surface area contributed by atoms with E-state index in [9.17, 15) is 0 Å². The SMILES string of the molecule is CC(C)(C)CC1CCC2CCC1C2. The van der Waals surface area contributed by atoms with E-state index in [0.717, 1.165) is 17.8 Å². The minimum Gasteiger partial charge on any atom is -0.0602 e. The Morgan fingerprint density at radius 1 is 1.00 bits per heavy atom. The summed E-state index contributed by atoms with van der Waals surface area (Å²) in [5.74, 6) is 3.30. The smallest absolute Gasteiger partial charge is 0.0380 e. The maximum atomic E-state index is 2.40. The fourth-order valence-corrected chi connectivity index (χ4v) is 3.54. The van der Waals surface area contributed by atoms with Crippen LogP contribution in [-0.2, 0) is 0 Å². The number of rotatable bonds is 1. The molecule has 2 aliphatic carbocycles. The number of fused-ring (bicyclic) bond motifs is 2. The molecule has 2 saturated carbocycles. The molecule has 2 rings (SSSR count). The van der Waals surface area contributed by atoms with Gasteiger partial charge in [0.1, 0.15) is 0 Å². The number of hydrogen-bond donors (Lipinski definition) is 0. The summed E-state index contributed by atoms with van der Waals surface area (Å²) in [6.07, 6.45) is 9.20. The van der Waals surface area contributed by atoms with E-state index in [1.807, 2.05) is 0 Å². The highest BCUT2D eigenvalue weighted by Gasteiger charge is 2.36. The van der Waals surface area contributed by atoms with Crippen molar-refractivity contribution < 1.29 is 0 Å². The molecule has 3 atom stereocenters. The monoisotopic (exact) mass is 180 g/mol. The Labute approximate surface area is 83.1 Å². The van der Waals surface area contributed by atoms with Gasteiger partial charge in [0, 0.05) is 0 Å². The minimum atomic E-state index is 0.556. The van der Waals surface area contributed by atoms with Crippen LogP contribution in [-0.4, -0.2) is 0 Å². The zero-order valence-corrected chi connectivity index (χ0v) is 9.47. The van der Waals surface area contributed by atoms with Gasteiger partial charge in [-0.3, -0.25) is 0 Å². The molecule has 2 aliphatic rings. The van der Waals surface area contributed by atoms with Crippen LogP contribution in [0.15, 0.2) is 0 Å². The molecule has 0 spiro atoms. The predicted octanol–water partition coefficient (Wildman–Crippen LogP) is 4.25. The van der Waals surface area contributed by atoms with Crippen molar-refractivity contribution in [2.24, 2.45) is 23.2 Å². The molecule has 0 heteroatoms. The van der Waals surface area contributed by atoms with Gasteiger partial charge < -0.3 is 0 Å². The van der Waals surface area contributed by atoms with E-state index in [0.29, 0.717) is 5.41 Å². The molecule has 76 valence electrons. The van der Waals surface area contributed by atoms with Crippen LogP contribution in [0.2, 0.25) is 0 Å². The molecule has 3 unspecified atom stereocenters. The molecule has 0 radical (unpaired) electrons. The average Bonchev–Trinajstić information content (AvgIpc) is 2.37. The van der Waals surface area contributed by atoms with Gasteiger partial charge in [-0.25, -0.2) is 0 Å². The molecule has 13 heavy (non-hydrogen) atoms. The van der Waals surface area contributed by atoms with Crippen molar-refractivity contribution in [1.82, 2.24) is 0 Å². The average molecular weight is 180 g/mol. The quantitative estimate of drug-likeness (QED) is 0.566. The van der Waals surface area contributed by atoms with Gasteiger partial charge in [0.25, 0.3) is 0 Å². The lowest BCUT2D eigenvalue weighted by molar-refractivity contribution is 0.175. The first-order valence-electron chi connectivity index (χ1n) is 6.04. The molecule has 0 amide bonds. The van der Waals surface area contributed by atoms with Crippen molar-refractivity contribution >= 4 is 0 Å². The fourth-order valence-electron chi connectivity index (χ4n) is 3.54. The normalized spacial score (nSPS) is 39.5. The summed E-state index contributed by atoms with van der Waals surface area (Å²) in [5.41, 5.74) is 0.556. The molecular formula is C13H24. The molecule has 2 bridgehead atoms. The summed E-state index contributed by atoms with van der Waals surface area (Å²) in [6, 6.07) is 0. The molecule has 0 aromatic heterocycles. The molecular weight excluding hydrogens is 156 g/mol. The Bertz CT molecular complexity index is 175. The van der Waals surface area contributed by atoms with E-state index >= 15 is 0 Å². The van der Waals surface area contributed by atoms with Crippen molar-refractivity contribution in [2.45, 2.75) is 59.3 Å². The maximum Gasteiger partial charge on any atom is -0.0380 e. The fraction of sp³-hybridized carbons (Fsp3) is 1.00. The van der Waals surface area contributed by atoms with Crippen LogP contribution in [0.3, 0.4) is 0 Å². The third-order valence-corrected chi connectivity index (χ3v) is 4.07. The summed E-state index contributed by atoms with van der Waals surface area (Å²) < 4.78 is 0. The first kappa shape index (κ1) is 9.55. The lowest BCUT2D eigenvalue weighted by Gasteiger charge is -2.33. The van der Waals surface area contributed by atoms with Gasteiger partial charge in [-0.05, 0) is 48.9 Å². The van der Waals surface area contributed by atoms with Gasteiger partial charge in [0.15, 0.2) is 0 Å². The highest BCUT2D eigenvalue weighted by atomic mass is 14.4. The zero-order valence-electron chi connectivity index (χ0n) is 9.47. The summed E-state index contributed by atoms with van der Waals surface area (Å²) >= 11 is 0. The van der Waals surface area contributed by atoms with Gasteiger partial charge >= 0.3 is 0 Å². The van der Waals surface area contributed by atoms with E-state index in [1.54, 1.807) is 19.3 Å². The molecule has 0 aliphatic heterocycles.